The number of nitrogens with zero attached hydrogens (tertiary/aromatic N) is 3. The number of hydrogen-bond donors (Lipinski definition) is 5. The van der Waals surface area contributed by atoms with Crippen LogP contribution in [0.2, 0.25) is 0 Å². The van der Waals surface area contributed by atoms with Crippen molar-refractivity contribution in [3.05, 3.63) is 75.4 Å². The van der Waals surface area contributed by atoms with Gasteiger partial charge in [0.2, 0.25) is 5.95 Å². The molecule has 0 spiro atoms. The van der Waals surface area contributed by atoms with Crippen molar-refractivity contribution < 1.29 is 4.79 Å². The number of aromatic amines is 1. The third-order valence-electron chi connectivity index (χ3n) is 4.21. The van der Waals surface area contributed by atoms with E-state index >= 15 is 0 Å². The van der Waals surface area contributed by atoms with E-state index in [9.17, 15) is 9.59 Å². The standard InChI is InChI=1S/C20H22N8O2S/c1-4-5-15(22-3)16-11(2)6-14(18(30)28-16)17(29)26-12-7-23-20(24-8-12)25-9-13-10-31-19(21)27-13/h4-8,10,22H,1,9H2,2-3H3,(H2,21,27)(H,26,29)(H,28,30)(H,23,24,25)/b15-5+. The monoisotopic (exact) mass is 438 g/mol. The third kappa shape index (κ3) is 5.34. The summed E-state index contributed by atoms with van der Waals surface area (Å²) in [7, 11) is 1.73. The molecule has 0 aliphatic rings. The Morgan fingerprint density at radius 1 is 1.35 bits per heavy atom. The minimum atomic E-state index is -0.558. The maximum absolute atomic E-state index is 12.6. The van der Waals surface area contributed by atoms with E-state index in [0.717, 1.165) is 11.3 Å². The van der Waals surface area contributed by atoms with Gasteiger partial charge in [0.15, 0.2) is 5.13 Å². The van der Waals surface area contributed by atoms with E-state index in [1.165, 1.54) is 29.8 Å². The first-order valence-electron chi connectivity index (χ1n) is 9.23. The van der Waals surface area contributed by atoms with Gasteiger partial charge in [-0.1, -0.05) is 12.7 Å². The van der Waals surface area contributed by atoms with Crippen LogP contribution >= 0.6 is 11.3 Å². The molecular weight excluding hydrogens is 416 g/mol. The highest BCUT2D eigenvalue weighted by Crippen LogP contribution is 2.15. The number of aromatic nitrogens is 4. The highest BCUT2D eigenvalue weighted by atomic mass is 32.1. The fraction of sp³-hybridized carbons (Fsp3) is 0.150. The molecule has 160 valence electrons. The second-order valence-electron chi connectivity index (χ2n) is 6.42. The maximum Gasteiger partial charge on any atom is 0.261 e. The Bertz CT molecular complexity index is 1180. The van der Waals surface area contributed by atoms with Gasteiger partial charge in [-0.25, -0.2) is 15.0 Å². The van der Waals surface area contributed by atoms with Crippen LogP contribution in [0.1, 0.15) is 27.3 Å². The molecule has 6 N–H and O–H groups in total. The predicted octanol–water partition coefficient (Wildman–Crippen LogP) is 2.12. The first-order valence-corrected chi connectivity index (χ1v) is 10.1. The number of H-pyrrole nitrogens is 1. The lowest BCUT2D eigenvalue weighted by molar-refractivity contribution is 0.102. The molecule has 0 unspecified atom stereocenters. The molecular formula is C20H22N8O2S. The van der Waals surface area contributed by atoms with Crippen LogP contribution in [0.15, 0.2) is 47.4 Å². The van der Waals surface area contributed by atoms with E-state index in [2.05, 4.69) is 42.5 Å². The predicted molar refractivity (Wildman–Crippen MR) is 123 cm³/mol. The van der Waals surface area contributed by atoms with Gasteiger partial charge >= 0.3 is 0 Å². The largest absolute Gasteiger partial charge is 0.386 e. The zero-order valence-electron chi connectivity index (χ0n) is 17.0. The van der Waals surface area contributed by atoms with E-state index in [-0.39, 0.29) is 5.56 Å². The minimum Gasteiger partial charge on any atom is -0.386 e. The highest BCUT2D eigenvalue weighted by molar-refractivity contribution is 7.13. The Morgan fingerprint density at radius 2 is 2.10 bits per heavy atom. The molecule has 0 radical (unpaired) electrons. The van der Waals surface area contributed by atoms with Gasteiger partial charge in [0, 0.05) is 12.4 Å². The smallest absolute Gasteiger partial charge is 0.261 e. The average Bonchev–Trinajstić information content (AvgIpc) is 3.18. The van der Waals surface area contributed by atoms with E-state index < -0.39 is 11.5 Å². The van der Waals surface area contributed by atoms with Crippen molar-refractivity contribution in [3.63, 3.8) is 0 Å². The molecule has 0 fully saturated rings. The number of rotatable bonds is 8. The molecule has 3 rings (SSSR count). The molecule has 3 aromatic heterocycles. The SMILES string of the molecule is C=C/C=C(/NC)c1[nH]c(=O)c(C(=O)Nc2cnc(NCc3csc(N)n3)nc2)cc1C. The maximum atomic E-state index is 12.6. The van der Waals surface area contributed by atoms with Gasteiger partial charge in [0.1, 0.15) is 5.56 Å². The van der Waals surface area contributed by atoms with Crippen LogP contribution in [-0.2, 0) is 6.54 Å². The van der Waals surface area contributed by atoms with Gasteiger partial charge < -0.3 is 26.7 Å². The Balaban J connectivity index is 1.69. The second-order valence-corrected chi connectivity index (χ2v) is 7.31. The van der Waals surface area contributed by atoms with Gasteiger partial charge in [-0.15, -0.1) is 11.3 Å². The summed E-state index contributed by atoms with van der Waals surface area (Å²) in [5, 5.41) is 11.0. The van der Waals surface area contributed by atoms with Crippen LogP contribution in [0.25, 0.3) is 5.70 Å². The first-order chi connectivity index (χ1) is 14.9. The number of nitrogens with one attached hydrogen (secondary N) is 4. The summed E-state index contributed by atoms with van der Waals surface area (Å²) < 4.78 is 0. The van der Waals surface area contributed by atoms with Gasteiger partial charge in [-0.05, 0) is 24.6 Å². The molecule has 1 amide bonds. The van der Waals surface area contributed by atoms with Crippen molar-refractivity contribution in [2.24, 2.45) is 0 Å². The van der Waals surface area contributed by atoms with Crippen molar-refractivity contribution in [1.29, 1.82) is 0 Å². The molecule has 0 aromatic carbocycles. The number of thiazole rings is 1. The van der Waals surface area contributed by atoms with Crippen molar-refractivity contribution in [2.75, 3.05) is 23.4 Å². The number of aryl methyl sites for hydroxylation is 1. The zero-order chi connectivity index (χ0) is 22.4. The molecule has 0 atom stereocenters. The van der Waals surface area contributed by atoms with E-state index in [1.807, 2.05) is 5.38 Å². The Morgan fingerprint density at radius 3 is 2.71 bits per heavy atom. The van der Waals surface area contributed by atoms with Crippen molar-refractivity contribution in [1.82, 2.24) is 25.3 Å². The summed E-state index contributed by atoms with van der Waals surface area (Å²) in [6.07, 6.45) is 6.23. The van der Waals surface area contributed by atoms with Gasteiger partial charge in [-0.2, -0.15) is 0 Å². The number of hydrogen-bond acceptors (Lipinski definition) is 9. The minimum absolute atomic E-state index is 0.0152. The number of pyridine rings is 1. The molecule has 0 saturated heterocycles. The molecule has 0 aliphatic heterocycles. The first kappa shape index (κ1) is 21.7. The Labute approximate surface area is 182 Å². The number of allylic oxidation sites excluding steroid dienone is 2. The van der Waals surface area contributed by atoms with E-state index in [0.29, 0.717) is 34.7 Å². The lowest BCUT2D eigenvalue weighted by Gasteiger charge is -2.11. The zero-order valence-corrected chi connectivity index (χ0v) is 17.8. The van der Waals surface area contributed by atoms with Gasteiger partial charge in [0.05, 0.1) is 41.7 Å². The summed E-state index contributed by atoms with van der Waals surface area (Å²) in [5.74, 6) is -0.187. The van der Waals surface area contributed by atoms with Gasteiger partial charge in [-0.3, -0.25) is 9.59 Å². The molecule has 10 nitrogen and oxygen atoms in total. The molecule has 3 aromatic rings. The van der Waals surface area contributed by atoms with Crippen LogP contribution in [-0.4, -0.2) is 32.9 Å². The number of nitrogen functional groups attached to an aromatic ring is 1. The summed E-state index contributed by atoms with van der Waals surface area (Å²) in [4.78, 5) is 40.3. The van der Waals surface area contributed by atoms with Crippen LogP contribution in [0.5, 0.6) is 0 Å². The Kier molecular flexibility index (Phi) is 6.78. The van der Waals surface area contributed by atoms with Crippen LogP contribution in [0.3, 0.4) is 0 Å². The molecule has 31 heavy (non-hydrogen) atoms. The summed E-state index contributed by atoms with van der Waals surface area (Å²) >= 11 is 1.35. The molecule has 0 aliphatic carbocycles. The van der Waals surface area contributed by atoms with Crippen molar-refractivity contribution in [3.8, 4) is 0 Å². The van der Waals surface area contributed by atoms with Gasteiger partial charge in [0.25, 0.3) is 11.5 Å². The summed E-state index contributed by atoms with van der Waals surface area (Å²) in [6, 6.07) is 1.54. The quantitative estimate of drug-likeness (QED) is 0.336. The molecule has 11 heteroatoms. The number of carbonyl (C=O) groups excluding carboxylic acids is 1. The second kappa shape index (κ2) is 9.67. The number of carbonyl (C=O) groups is 1. The molecule has 3 heterocycles. The number of amides is 1. The summed E-state index contributed by atoms with van der Waals surface area (Å²) in [5.41, 5.74) is 8.22. The highest BCUT2D eigenvalue weighted by Gasteiger charge is 2.15. The lowest BCUT2D eigenvalue weighted by Crippen LogP contribution is -2.25. The van der Waals surface area contributed by atoms with Crippen LogP contribution < -0.4 is 27.2 Å². The topological polar surface area (TPSA) is 151 Å². The normalized spacial score (nSPS) is 11.1. The summed E-state index contributed by atoms with van der Waals surface area (Å²) in [6.45, 7) is 5.88. The van der Waals surface area contributed by atoms with Crippen molar-refractivity contribution >= 4 is 39.7 Å². The fourth-order valence-corrected chi connectivity index (χ4v) is 3.31. The van der Waals surface area contributed by atoms with Crippen LogP contribution in [0.4, 0.5) is 16.8 Å². The van der Waals surface area contributed by atoms with Crippen molar-refractivity contribution in [2.45, 2.75) is 13.5 Å². The van der Waals surface area contributed by atoms with E-state index in [4.69, 9.17) is 5.73 Å². The fourth-order valence-electron chi connectivity index (χ4n) is 2.75. The Hall–Kier alpha value is -3.99. The average molecular weight is 439 g/mol. The molecule has 0 bridgehead atoms. The third-order valence-corrected chi connectivity index (χ3v) is 4.94. The van der Waals surface area contributed by atoms with Crippen LogP contribution in [0, 0.1) is 6.92 Å². The number of nitrogens with two attached hydrogens (primary N) is 1. The lowest BCUT2D eigenvalue weighted by atomic mass is 10.1. The molecule has 0 saturated carbocycles. The number of anilines is 3. The van der Waals surface area contributed by atoms with E-state index in [1.54, 1.807) is 26.1 Å².